The standard InChI is InChI=1S/C16H21NO2/c1-2-13-3-4-15-12-16(6-5-14(15)11-13)19-10-8-17-7-9-18/h3-6,11-12,17-18H,2,7-10H2,1H3. The Morgan fingerprint density at radius 3 is 2.63 bits per heavy atom. The number of benzene rings is 2. The zero-order valence-electron chi connectivity index (χ0n) is 11.4. The molecule has 2 aromatic rings. The van der Waals surface area contributed by atoms with Crippen molar-refractivity contribution in [3.63, 3.8) is 0 Å². The molecule has 0 saturated carbocycles. The zero-order valence-corrected chi connectivity index (χ0v) is 11.4. The average molecular weight is 259 g/mol. The Kier molecular flexibility index (Phi) is 5.19. The first-order valence-corrected chi connectivity index (χ1v) is 6.80. The van der Waals surface area contributed by atoms with Crippen LogP contribution in [-0.4, -0.2) is 31.4 Å². The lowest BCUT2D eigenvalue weighted by molar-refractivity contribution is 0.276. The highest BCUT2D eigenvalue weighted by molar-refractivity contribution is 5.84. The van der Waals surface area contributed by atoms with E-state index in [-0.39, 0.29) is 6.61 Å². The molecule has 0 aliphatic carbocycles. The summed E-state index contributed by atoms with van der Waals surface area (Å²) in [5, 5.41) is 14.2. The molecule has 102 valence electrons. The molecule has 2 rings (SSSR count). The van der Waals surface area contributed by atoms with E-state index < -0.39 is 0 Å². The Labute approximate surface area is 114 Å². The van der Waals surface area contributed by atoms with Crippen LogP contribution in [0.3, 0.4) is 0 Å². The number of hydrogen-bond acceptors (Lipinski definition) is 3. The molecule has 0 unspecified atom stereocenters. The van der Waals surface area contributed by atoms with Crippen molar-refractivity contribution in [3.05, 3.63) is 42.0 Å². The van der Waals surface area contributed by atoms with Crippen molar-refractivity contribution in [2.45, 2.75) is 13.3 Å². The third kappa shape index (κ3) is 3.94. The summed E-state index contributed by atoms with van der Waals surface area (Å²) < 4.78 is 5.67. The van der Waals surface area contributed by atoms with Gasteiger partial charge in [-0.1, -0.05) is 31.2 Å². The van der Waals surface area contributed by atoms with Crippen molar-refractivity contribution >= 4 is 10.8 Å². The molecule has 0 atom stereocenters. The predicted octanol–water partition coefficient (Wildman–Crippen LogP) is 2.36. The van der Waals surface area contributed by atoms with Gasteiger partial charge in [-0.25, -0.2) is 0 Å². The van der Waals surface area contributed by atoms with Gasteiger partial charge in [-0.15, -0.1) is 0 Å². The largest absolute Gasteiger partial charge is 0.492 e. The van der Waals surface area contributed by atoms with E-state index in [1.54, 1.807) is 0 Å². The van der Waals surface area contributed by atoms with E-state index in [2.05, 4.69) is 42.6 Å². The van der Waals surface area contributed by atoms with Crippen LogP contribution in [0.25, 0.3) is 10.8 Å². The Balaban J connectivity index is 1.97. The lowest BCUT2D eigenvalue weighted by Crippen LogP contribution is -2.23. The first-order chi connectivity index (χ1) is 9.33. The molecule has 2 aromatic carbocycles. The van der Waals surface area contributed by atoms with E-state index in [0.717, 1.165) is 18.7 Å². The molecule has 0 bridgehead atoms. The van der Waals surface area contributed by atoms with Crippen molar-refractivity contribution in [3.8, 4) is 5.75 Å². The molecule has 3 nitrogen and oxygen atoms in total. The topological polar surface area (TPSA) is 41.5 Å². The molecule has 0 radical (unpaired) electrons. The fourth-order valence-corrected chi connectivity index (χ4v) is 2.03. The van der Waals surface area contributed by atoms with Gasteiger partial charge in [0.1, 0.15) is 12.4 Å². The van der Waals surface area contributed by atoms with Gasteiger partial charge in [-0.3, -0.25) is 0 Å². The summed E-state index contributed by atoms with van der Waals surface area (Å²) >= 11 is 0. The summed E-state index contributed by atoms with van der Waals surface area (Å²) in [7, 11) is 0. The van der Waals surface area contributed by atoms with Crippen LogP contribution < -0.4 is 10.1 Å². The van der Waals surface area contributed by atoms with Crippen LogP contribution in [0.1, 0.15) is 12.5 Å². The fourth-order valence-electron chi connectivity index (χ4n) is 2.03. The smallest absolute Gasteiger partial charge is 0.120 e. The summed E-state index contributed by atoms with van der Waals surface area (Å²) in [6.07, 6.45) is 1.06. The van der Waals surface area contributed by atoms with E-state index in [4.69, 9.17) is 9.84 Å². The molecule has 0 fully saturated rings. The molecule has 0 spiro atoms. The molecule has 0 saturated heterocycles. The normalized spacial score (nSPS) is 10.8. The number of rotatable bonds is 7. The van der Waals surface area contributed by atoms with Crippen LogP contribution in [0.5, 0.6) is 5.75 Å². The van der Waals surface area contributed by atoms with Gasteiger partial charge in [0.05, 0.1) is 6.61 Å². The van der Waals surface area contributed by atoms with Gasteiger partial charge in [0.2, 0.25) is 0 Å². The number of nitrogens with one attached hydrogen (secondary N) is 1. The summed E-state index contributed by atoms with van der Waals surface area (Å²) in [6, 6.07) is 12.7. The van der Waals surface area contributed by atoms with Gasteiger partial charge in [0.15, 0.2) is 0 Å². The summed E-state index contributed by atoms with van der Waals surface area (Å²) in [6.45, 7) is 4.29. The molecular weight excluding hydrogens is 238 g/mol. The van der Waals surface area contributed by atoms with E-state index in [1.807, 2.05) is 6.07 Å². The SMILES string of the molecule is CCc1ccc2cc(OCCNCCO)ccc2c1. The first kappa shape index (κ1) is 13.8. The number of aliphatic hydroxyl groups is 1. The van der Waals surface area contributed by atoms with Crippen LogP contribution in [0.2, 0.25) is 0 Å². The third-order valence-electron chi connectivity index (χ3n) is 3.12. The second kappa shape index (κ2) is 7.12. The average Bonchev–Trinajstić information content (AvgIpc) is 2.46. The Bertz CT molecular complexity index is 525. The molecule has 0 aromatic heterocycles. The molecule has 3 heteroatoms. The highest BCUT2D eigenvalue weighted by atomic mass is 16.5. The van der Waals surface area contributed by atoms with Crippen LogP contribution >= 0.6 is 0 Å². The monoisotopic (exact) mass is 259 g/mol. The van der Waals surface area contributed by atoms with Crippen LogP contribution in [0.15, 0.2) is 36.4 Å². The van der Waals surface area contributed by atoms with Gasteiger partial charge in [0.25, 0.3) is 0 Å². The minimum Gasteiger partial charge on any atom is -0.492 e. The lowest BCUT2D eigenvalue weighted by Gasteiger charge is -2.08. The molecule has 0 heterocycles. The van der Waals surface area contributed by atoms with E-state index in [0.29, 0.717) is 13.2 Å². The van der Waals surface area contributed by atoms with Crippen molar-refractivity contribution in [2.24, 2.45) is 0 Å². The highest BCUT2D eigenvalue weighted by Crippen LogP contribution is 2.22. The van der Waals surface area contributed by atoms with Crippen molar-refractivity contribution in [2.75, 3.05) is 26.3 Å². The molecule has 0 amide bonds. The van der Waals surface area contributed by atoms with Crippen LogP contribution in [0.4, 0.5) is 0 Å². The minimum atomic E-state index is 0.162. The van der Waals surface area contributed by atoms with Crippen molar-refractivity contribution < 1.29 is 9.84 Å². The second-order valence-electron chi connectivity index (χ2n) is 4.52. The molecule has 2 N–H and O–H groups in total. The van der Waals surface area contributed by atoms with Gasteiger partial charge in [-0.05, 0) is 34.9 Å². The van der Waals surface area contributed by atoms with Crippen LogP contribution in [-0.2, 0) is 6.42 Å². The number of aryl methyl sites for hydroxylation is 1. The van der Waals surface area contributed by atoms with E-state index in [9.17, 15) is 0 Å². The maximum Gasteiger partial charge on any atom is 0.120 e. The van der Waals surface area contributed by atoms with Crippen molar-refractivity contribution in [1.29, 1.82) is 0 Å². The summed E-state index contributed by atoms with van der Waals surface area (Å²) in [4.78, 5) is 0. The minimum absolute atomic E-state index is 0.162. The summed E-state index contributed by atoms with van der Waals surface area (Å²) in [5.74, 6) is 0.891. The second-order valence-corrected chi connectivity index (χ2v) is 4.52. The molecular formula is C16H21NO2. The fraction of sp³-hybridized carbons (Fsp3) is 0.375. The Hall–Kier alpha value is -1.58. The zero-order chi connectivity index (χ0) is 13.5. The quantitative estimate of drug-likeness (QED) is 0.750. The Morgan fingerprint density at radius 1 is 1.05 bits per heavy atom. The molecule has 19 heavy (non-hydrogen) atoms. The maximum absolute atomic E-state index is 8.64. The highest BCUT2D eigenvalue weighted by Gasteiger charge is 1.99. The number of aliphatic hydroxyl groups excluding tert-OH is 1. The molecule has 0 aliphatic heterocycles. The third-order valence-corrected chi connectivity index (χ3v) is 3.12. The predicted molar refractivity (Wildman–Crippen MR) is 78.8 cm³/mol. The van der Waals surface area contributed by atoms with Crippen molar-refractivity contribution in [1.82, 2.24) is 5.32 Å². The van der Waals surface area contributed by atoms with Crippen LogP contribution in [0, 0.1) is 0 Å². The molecule has 0 aliphatic rings. The first-order valence-electron chi connectivity index (χ1n) is 6.80. The Morgan fingerprint density at radius 2 is 1.84 bits per heavy atom. The van der Waals surface area contributed by atoms with Gasteiger partial charge >= 0.3 is 0 Å². The summed E-state index contributed by atoms with van der Waals surface area (Å²) in [5.41, 5.74) is 1.36. The maximum atomic E-state index is 8.64. The lowest BCUT2D eigenvalue weighted by atomic mass is 10.1. The number of hydrogen-bond donors (Lipinski definition) is 2. The van der Waals surface area contributed by atoms with E-state index in [1.165, 1.54) is 16.3 Å². The van der Waals surface area contributed by atoms with E-state index >= 15 is 0 Å². The van der Waals surface area contributed by atoms with Gasteiger partial charge in [0, 0.05) is 13.1 Å². The number of ether oxygens (including phenoxy) is 1. The van der Waals surface area contributed by atoms with Gasteiger partial charge in [-0.2, -0.15) is 0 Å². The number of fused-ring (bicyclic) bond motifs is 1. The van der Waals surface area contributed by atoms with Gasteiger partial charge < -0.3 is 15.2 Å².